The van der Waals surface area contributed by atoms with Crippen LogP contribution in [0.1, 0.15) is 108 Å². The number of thiophene rings is 1. The molecule has 1 aliphatic rings. The van der Waals surface area contributed by atoms with Gasteiger partial charge in [-0.1, -0.05) is 89.7 Å². The Hall–Kier alpha value is -3.39. The number of ketones is 1. The Bertz CT molecular complexity index is 2130. The number of aryl methyl sites for hydroxylation is 3. The van der Waals surface area contributed by atoms with Crippen LogP contribution >= 0.6 is 11.3 Å². The predicted molar refractivity (Wildman–Crippen MR) is 209 cm³/mol. The molecule has 1 saturated carbocycles. The van der Waals surface area contributed by atoms with E-state index in [1.807, 2.05) is 11.3 Å². The molecular weight excluding hydrogens is 870 g/mol. The molecule has 1 N–H and O–H groups in total. The van der Waals surface area contributed by atoms with Gasteiger partial charge in [0, 0.05) is 47.4 Å². The van der Waals surface area contributed by atoms with Gasteiger partial charge >= 0.3 is 6.18 Å². The van der Waals surface area contributed by atoms with Crippen LogP contribution in [0.2, 0.25) is 0 Å². The molecule has 3 aromatic carbocycles. The number of aromatic nitrogens is 2. The minimum absolute atomic E-state index is 0. The summed E-state index contributed by atoms with van der Waals surface area (Å²) >= 11 is 1.84. The maximum atomic E-state index is 11.6. The third-order valence-electron chi connectivity index (χ3n) is 10.3. The Morgan fingerprint density at radius 2 is 1.60 bits per heavy atom. The van der Waals surface area contributed by atoms with Gasteiger partial charge in [-0.05, 0) is 91.0 Å². The number of carbonyl (C=O) groups is 1. The van der Waals surface area contributed by atoms with Crippen LogP contribution in [-0.4, -0.2) is 27.0 Å². The van der Waals surface area contributed by atoms with Gasteiger partial charge < -0.3 is 5.11 Å². The van der Waals surface area contributed by atoms with Crippen molar-refractivity contribution in [2.45, 2.75) is 112 Å². The molecule has 0 saturated heterocycles. The van der Waals surface area contributed by atoms with Gasteiger partial charge in [0.2, 0.25) is 0 Å². The summed E-state index contributed by atoms with van der Waals surface area (Å²) in [6.07, 6.45) is 2.26. The molecule has 1 fully saturated rings. The summed E-state index contributed by atoms with van der Waals surface area (Å²) in [7, 11) is 0. The zero-order chi connectivity index (χ0) is 38.3. The quantitative estimate of drug-likeness (QED) is 0.108. The number of hydrogen-bond donors (Lipinski definition) is 1. The summed E-state index contributed by atoms with van der Waals surface area (Å²) in [5, 5.41) is 11.2. The number of hydrogen-bond acceptors (Lipinski definition) is 5. The summed E-state index contributed by atoms with van der Waals surface area (Å²) in [6.45, 7) is 21.5. The van der Waals surface area contributed by atoms with E-state index in [1.54, 1.807) is 6.33 Å². The summed E-state index contributed by atoms with van der Waals surface area (Å²) in [4.78, 5) is 21.2. The molecule has 6 rings (SSSR count). The van der Waals surface area contributed by atoms with E-state index in [-0.39, 0.29) is 31.6 Å². The minimum Gasteiger partial charge on any atom is -0.512 e. The topological polar surface area (TPSA) is 63.1 Å². The average Bonchev–Trinajstić information content (AvgIpc) is 3.38. The number of rotatable bonds is 5. The van der Waals surface area contributed by atoms with Crippen molar-refractivity contribution >= 4 is 38.1 Å². The number of aliphatic hydroxyl groups excluding tert-OH is 1. The molecule has 0 unspecified atom stereocenters. The van der Waals surface area contributed by atoms with Gasteiger partial charge in [0.05, 0.1) is 11.3 Å². The standard InChI is InChI=1S/C37H41N2S.C7H9F3O2.Ir/c1-22-17-27(25-13-15-37(7,8)16-14-25)18-23(2)31(22)34-24(3)32-35(40-34)33(39-21-38-32)28-19-26-11-9-10-12-29(26)30(20-28)36(4,5)6;1-4(2)5(11)3-6(12)7(8,9)10;/h9-12,17-18,20-21,25H,13-16H2,1-8H3;3-4,11H,1-2H3;/q-1;;/b;5-3-;. The second-order valence-electron chi connectivity index (χ2n) is 16.4. The number of fused-ring (bicyclic) bond motifs is 2. The Morgan fingerprint density at radius 1 is 1.00 bits per heavy atom. The van der Waals surface area contributed by atoms with E-state index in [4.69, 9.17) is 15.1 Å². The second kappa shape index (κ2) is 16.1. The van der Waals surface area contributed by atoms with Crippen molar-refractivity contribution in [2.24, 2.45) is 11.3 Å². The number of benzene rings is 3. The maximum absolute atomic E-state index is 11.6. The van der Waals surface area contributed by atoms with E-state index >= 15 is 0 Å². The first-order chi connectivity index (χ1) is 24.2. The van der Waals surface area contributed by atoms with Crippen molar-refractivity contribution in [1.82, 2.24) is 9.97 Å². The Labute approximate surface area is 329 Å². The van der Waals surface area contributed by atoms with E-state index in [0.717, 1.165) is 26.9 Å². The van der Waals surface area contributed by atoms with Gasteiger partial charge in [0.1, 0.15) is 6.33 Å². The van der Waals surface area contributed by atoms with Crippen molar-refractivity contribution in [2.75, 3.05) is 0 Å². The van der Waals surface area contributed by atoms with Crippen LogP contribution in [0.4, 0.5) is 13.2 Å². The molecule has 0 spiro atoms. The van der Waals surface area contributed by atoms with Gasteiger partial charge in [0.25, 0.3) is 5.78 Å². The van der Waals surface area contributed by atoms with Crippen molar-refractivity contribution in [3.63, 3.8) is 0 Å². The second-order valence-corrected chi connectivity index (χ2v) is 17.4. The summed E-state index contributed by atoms with van der Waals surface area (Å²) in [6, 6.07) is 19.5. The number of aliphatic hydroxyl groups is 1. The Kier molecular flexibility index (Phi) is 12.9. The van der Waals surface area contributed by atoms with Crippen LogP contribution < -0.4 is 0 Å². The number of halogens is 3. The summed E-state index contributed by atoms with van der Waals surface area (Å²) < 4.78 is 35.9. The Morgan fingerprint density at radius 3 is 2.17 bits per heavy atom. The molecular formula is C44H50F3IrN2O2S-. The largest absolute Gasteiger partial charge is 0.512 e. The van der Waals surface area contributed by atoms with Crippen LogP contribution in [0.25, 0.3) is 42.7 Å². The molecule has 2 aromatic heterocycles. The third-order valence-corrected chi connectivity index (χ3v) is 11.6. The van der Waals surface area contributed by atoms with Crippen LogP contribution in [0.5, 0.6) is 0 Å². The molecule has 0 bridgehead atoms. The van der Waals surface area contributed by atoms with Crippen LogP contribution in [0.3, 0.4) is 0 Å². The van der Waals surface area contributed by atoms with Gasteiger partial charge in [-0.15, -0.1) is 40.5 Å². The molecule has 285 valence electrons. The fourth-order valence-corrected chi connectivity index (χ4v) is 8.58. The van der Waals surface area contributed by atoms with Gasteiger partial charge in [0.15, 0.2) is 0 Å². The van der Waals surface area contributed by atoms with E-state index < -0.39 is 23.6 Å². The fraction of sp³-hybridized carbons (Fsp3) is 0.432. The van der Waals surface area contributed by atoms with Crippen molar-refractivity contribution < 1.29 is 43.2 Å². The first-order valence-electron chi connectivity index (χ1n) is 18.0. The van der Waals surface area contributed by atoms with E-state index in [1.165, 1.54) is 83.2 Å². The van der Waals surface area contributed by atoms with Gasteiger partial charge in [-0.3, -0.25) is 9.78 Å². The maximum Gasteiger partial charge on any atom is 0.454 e. The normalized spacial score (nSPS) is 15.3. The van der Waals surface area contributed by atoms with E-state index in [9.17, 15) is 18.0 Å². The van der Waals surface area contributed by atoms with Crippen LogP contribution in [0, 0.1) is 38.2 Å². The molecule has 53 heavy (non-hydrogen) atoms. The molecule has 0 aliphatic heterocycles. The Balaban J connectivity index is 0.000000418. The van der Waals surface area contributed by atoms with Gasteiger partial charge in [-0.25, -0.2) is 4.98 Å². The molecule has 9 heteroatoms. The van der Waals surface area contributed by atoms with Crippen molar-refractivity contribution in [3.8, 4) is 21.7 Å². The summed E-state index contributed by atoms with van der Waals surface area (Å²) in [5.41, 5.74) is 11.8. The smallest absolute Gasteiger partial charge is 0.454 e. The van der Waals surface area contributed by atoms with Crippen LogP contribution in [-0.2, 0) is 30.3 Å². The van der Waals surface area contributed by atoms with Crippen LogP contribution in [0.15, 0.2) is 60.6 Å². The minimum atomic E-state index is -4.90. The van der Waals surface area contributed by atoms with Crippen molar-refractivity contribution in [1.29, 1.82) is 0 Å². The van der Waals surface area contributed by atoms with E-state index in [2.05, 4.69) is 104 Å². The molecule has 0 atom stereocenters. The molecule has 0 amide bonds. The molecule has 2 heterocycles. The molecule has 1 radical (unpaired) electrons. The van der Waals surface area contributed by atoms with Gasteiger partial charge in [-0.2, -0.15) is 13.2 Å². The first-order valence-corrected chi connectivity index (χ1v) is 18.8. The summed E-state index contributed by atoms with van der Waals surface area (Å²) in [5.74, 6) is -2.39. The first kappa shape index (κ1) is 42.4. The number of allylic oxidation sites excluding steroid dienone is 2. The monoisotopic (exact) mass is 920 g/mol. The van der Waals surface area contributed by atoms with E-state index in [0.29, 0.717) is 11.3 Å². The predicted octanol–water partition coefficient (Wildman–Crippen LogP) is 13.1. The molecule has 5 aromatic rings. The molecule has 4 nitrogen and oxygen atoms in total. The fourth-order valence-electron chi connectivity index (χ4n) is 7.14. The zero-order valence-corrected chi connectivity index (χ0v) is 35.5. The molecule has 1 aliphatic carbocycles. The third kappa shape index (κ3) is 9.47. The number of alkyl halides is 3. The average molecular weight is 920 g/mol. The number of nitrogens with zero attached hydrogens (tertiary/aromatic N) is 2. The van der Waals surface area contributed by atoms with Crippen molar-refractivity contribution in [3.05, 3.63) is 94.5 Å². The SMILES string of the molecule is CC(C)/C(O)=C/C(=O)C(F)(F)F.Cc1cc(C2CCC(C)(C)CC2)cc(C)c1-c1sc2c(-c3[c-]c4ccccc4c(C(C)(C)C)c3)ncnc2c1C.[Ir]. The zero-order valence-electron chi connectivity index (χ0n) is 32.3. The number of carbonyl (C=O) groups excluding carboxylic acids is 1.